The predicted molar refractivity (Wildman–Crippen MR) is 224 cm³/mol. The van der Waals surface area contributed by atoms with Crippen molar-refractivity contribution >= 4 is 65.9 Å². The van der Waals surface area contributed by atoms with Gasteiger partial charge in [-0.3, -0.25) is 0 Å². The molecule has 0 unspecified atom stereocenters. The highest BCUT2D eigenvalue weighted by molar-refractivity contribution is 6.13. The van der Waals surface area contributed by atoms with E-state index < -0.39 is 0 Å². The molecule has 7 aromatic carbocycles. The van der Waals surface area contributed by atoms with Gasteiger partial charge < -0.3 is 13.3 Å². The van der Waals surface area contributed by atoms with E-state index in [4.69, 9.17) is 38.2 Å². The number of furan rings is 3. The topological polar surface area (TPSA) is 104 Å². The highest BCUT2D eigenvalue weighted by atomic mass is 16.3. The van der Waals surface area contributed by atoms with Crippen molar-refractivity contribution in [3.8, 4) is 56.8 Å². The molecule has 5 aromatic heterocycles. The number of hydrogen-bond donors (Lipinski definition) is 0. The van der Waals surface area contributed by atoms with Gasteiger partial charge in [-0.25, -0.2) is 24.9 Å². The van der Waals surface area contributed by atoms with Crippen LogP contribution >= 0.6 is 0 Å². The van der Waals surface area contributed by atoms with Crippen LogP contribution in [-0.4, -0.2) is 24.9 Å². The summed E-state index contributed by atoms with van der Waals surface area (Å²) < 4.78 is 19.2. The molecule has 8 heteroatoms. The molecule has 0 aliphatic carbocycles. The van der Waals surface area contributed by atoms with E-state index in [-0.39, 0.29) is 0 Å². The smallest absolute Gasteiger partial charge is 0.180 e. The van der Waals surface area contributed by atoms with Gasteiger partial charge in [0.15, 0.2) is 28.9 Å². The predicted octanol–water partition coefficient (Wildman–Crippen LogP) is 12.7. The Morgan fingerprint density at radius 2 is 0.895 bits per heavy atom. The van der Waals surface area contributed by atoms with Crippen LogP contribution in [0.2, 0.25) is 0 Å². The molecule has 12 aromatic rings. The Bertz CT molecular complexity index is 3530. The van der Waals surface area contributed by atoms with Crippen molar-refractivity contribution in [3.63, 3.8) is 0 Å². The minimum absolute atomic E-state index is 0.546. The summed E-state index contributed by atoms with van der Waals surface area (Å²) in [5.74, 6) is 2.23. The minimum Gasteiger partial charge on any atom is -0.456 e. The molecule has 0 radical (unpaired) electrons. The molecule has 0 amide bonds. The van der Waals surface area contributed by atoms with E-state index in [1.165, 1.54) is 0 Å². The first-order chi connectivity index (χ1) is 28.2. The zero-order valence-corrected chi connectivity index (χ0v) is 30.0. The highest BCUT2D eigenvalue weighted by Gasteiger charge is 2.22. The molecule has 0 atom stereocenters. The third-order valence-electron chi connectivity index (χ3n) is 10.6. The number of benzene rings is 7. The monoisotopic (exact) mass is 733 g/mol. The fraction of sp³-hybridized carbons (Fsp3) is 0. The second-order valence-electron chi connectivity index (χ2n) is 14.0. The van der Waals surface area contributed by atoms with Gasteiger partial charge in [-0.05, 0) is 48.5 Å². The molecule has 0 saturated carbocycles. The molecule has 12 rings (SSSR count). The van der Waals surface area contributed by atoms with Crippen molar-refractivity contribution in [1.29, 1.82) is 0 Å². The van der Waals surface area contributed by atoms with E-state index in [1.807, 2.05) is 146 Å². The molecule has 0 N–H and O–H groups in total. The molecular weight excluding hydrogens is 707 g/mol. The third-order valence-corrected chi connectivity index (χ3v) is 10.6. The zero-order chi connectivity index (χ0) is 37.5. The van der Waals surface area contributed by atoms with Gasteiger partial charge in [-0.2, -0.15) is 0 Å². The van der Waals surface area contributed by atoms with Crippen LogP contribution in [0.25, 0.3) is 123 Å². The number of para-hydroxylation sites is 3. The second kappa shape index (κ2) is 12.3. The Kier molecular flexibility index (Phi) is 6.76. The van der Waals surface area contributed by atoms with E-state index >= 15 is 0 Å². The van der Waals surface area contributed by atoms with Gasteiger partial charge in [0.2, 0.25) is 0 Å². The Balaban J connectivity index is 1.05. The fourth-order valence-corrected chi connectivity index (χ4v) is 7.92. The van der Waals surface area contributed by atoms with Crippen LogP contribution in [0, 0.1) is 0 Å². The number of rotatable bonds is 5. The van der Waals surface area contributed by atoms with Crippen molar-refractivity contribution in [2.45, 2.75) is 0 Å². The number of aromatic nitrogens is 5. The normalized spacial score (nSPS) is 11.9. The molecule has 0 aliphatic rings. The zero-order valence-electron chi connectivity index (χ0n) is 30.0. The van der Waals surface area contributed by atoms with Crippen LogP contribution in [0.5, 0.6) is 0 Å². The molecule has 0 fully saturated rings. The lowest BCUT2D eigenvalue weighted by Crippen LogP contribution is -2.00. The van der Waals surface area contributed by atoms with Crippen LogP contribution in [0.1, 0.15) is 0 Å². The maximum Gasteiger partial charge on any atom is 0.180 e. The Morgan fingerprint density at radius 1 is 0.316 bits per heavy atom. The van der Waals surface area contributed by atoms with Crippen molar-refractivity contribution in [2.24, 2.45) is 0 Å². The van der Waals surface area contributed by atoms with Gasteiger partial charge in [-0.1, -0.05) is 115 Å². The van der Waals surface area contributed by atoms with Crippen LogP contribution < -0.4 is 0 Å². The van der Waals surface area contributed by atoms with Crippen molar-refractivity contribution in [3.05, 3.63) is 164 Å². The molecular formula is C49H27N5O3. The van der Waals surface area contributed by atoms with Gasteiger partial charge in [0.05, 0.1) is 5.56 Å². The Labute approximate surface area is 323 Å². The van der Waals surface area contributed by atoms with Crippen LogP contribution in [0.3, 0.4) is 0 Å². The minimum atomic E-state index is 0.546. The summed E-state index contributed by atoms with van der Waals surface area (Å²) in [6, 6.07) is 54.2. The van der Waals surface area contributed by atoms with Gasteiger partial charge in [0.1, 0.15) is 39.1 Å². The van der Waals surface area contributed by atoms with Crippen LogP contribution in [0.4, 0.5) is 0 Å². The maximum atomic E-state index is 6.65. The number of hydrogen-bond acceptors (Lipinski definition) is 8. The fourth-order valence-electron chi connectivity index (χ4n) is 7.92. The number of fused-ring (bicyclic) bond motifs is 9. The largest absolute Gasteiger partial charge is 0.456 e. The highest BCUT2D eigenvalue weighted by Crippen LogP contribution is 2.41. The van der Waals surface area contributed by atoms with Crippen molar-refractivity contribution in [2.75, 3.05) is 0 Å². The molecule has 0 aliphatic heterocycles. The second-order valence-corrected chi connectivity index (χ2v) is 14.0. The first kappa shape index (κ1) is 31.4. The third kappa shape index (κ3) is 4.97. The van der Waals surface area contributed by atoms with Gasteiger partial charge in [0.25, 0.3) is 0 Å². The first-order valence-corrected chi connectivity index (χ1v) is 18.7. The van der Waals surface area contributed by atoms with E-state index in [0.717, 1.165) is 88.3 Å². The molecule has 0 saturated heterocycles. The van der Waals surface area contributed by atoms with E-state index in [1.54, 1.807) is 0 Å². The maximum absolute atomic E-state index is 6.65. The first-order valence-electron chi connectivity index (χ1n) is 18.7. The summed E-state index contributed by atoms with van der Waals surface area (Å²) in [4.78, 5) is 25.5. The SMILES string of the molecule is c1ccc(-c2nc(-c3ccc4oc5c(-c6nc(-c7ccccc7)c7oc8ccccc8c7n6)cccc5c4c3)nc(-c3cccc4oc5ccccc5c34)n2)cc1. The number of nitrogens with zero attached hydrogens (tertiary/aromatic N) is 5. The van der Waals surface area contributed by atoms with Crippen molar-refractivity contribution < 1.29 is 13.3 Å². The molecule has 266 valence electrons. The Hall–Kier alpha value is -7.97. The molecule has 5 heterocycles. The quantitative estimate of drug-likeness (QED) is 0.172. The van der Waals surface area contributed by atoms with Crippen molar-refractivity contribution in [1.82, 2.24) is 24.9 Å². The summed E-state index contributed by atoms with van der Waals surface area (Å²) in [7, 11) is 0. The summed E-state index contributed by atoms with van der Waals surface area (Å²) in [6.45, 7) is 0. The average molecular weight is 734 g/mol. The lowest BCUT2D eigenvalue weighted by molar-refractivity contribution is 0.666. The molecule has 0 bridgehead atoms. The van der Waals surface area contributed by atoms with Gasteiger partial charge in [-0.15, -0.1) is 0 Å². The lowest BCUT2D eigenvalue weighted by atomic mass is 10.0. The lowest BCUT2D eigenvalue weighted by Gasteiger charge is -2.09. The summed E-state index contributed by atoms with van der Waals surface area (Å²) >= 11 is 0. The van der Waals surface area contributed by atoms with Crippen LogP contribution in [0.15, 0.2) is 177 Å². The summed E-state index contributed by atoms with van der Waals surface area (Å²) in [6.07, 6.45) is 0. The van der Waals surface area contributed by atoms with Crippen LogP contribution in [-0.2, 0) is 0 Å². The Morgan fingerprint density at radius 3 is 1.72 bits per heavy atom. The molecule has 8 nitrogen and oxygen atoms in total. The average Bonchev–Trinajstić information content (AvgIpc) is 3.98. The van der Waals surface area contributed by atoms with E-state index in [9.17, 15) is 0 Å². The summed E-state index contributed by atoms with van der Waals surface area (Å²) in [5, 5.41) is 4.76. The van der Waals surface area contributed by atoms with Gasteiger partial charge >= 0.3 is 0 Å². The molecule has 57 heavy (non-hydrogen) atoms. The van der Waals surface area contributed by atoms with E-state index in [2.05, 4.69) is 18.2 Å². The summed E-state index contributed by atoms with van der Waals surface area (Å²) in [5.41, 5.74) is 10.2. The standard InChI is InChI=1S/C49H27N5O3/c1-3-13-28(14-4-1)42-45-43(33-18-8-10-23-38(33)57-45)51-49(50-42)35-21-11-19-31-36-27-30(25-26-39(36)56-44(31)35)47-52-46(29-15-5-2-6-16-29)53-48(54-47)34-20-12-24-40-41(34)32-17-7-9-22-37(32)55-40/h1-27H. The van der Waals surface area contributed by atoms with E-state index in [0.29, 0.717) is 34.5 Å². The van der Waals surface area contributed by atoms with Gasteiger partial charge in [0, 0.05) is 49.2 Å². The molecule has 0 spiro atoms.